The second-order valence-corrected chi connectivity index (χ2v) is 5.72. The minimum absolute atomic E-state index is 0.0661. The molecule has 2 rings (SSSR count). The SMILES string of the molecule is COc1ccc(CCNC(=O)CCCOc2cccc(C)c2)cc1. The van der Waals surface area contributed by atoms with Gasteiger partial charge >= 0.3 is 0 Å². The molecule has 0 atom stereocenters. The summed E-state index contributed by atoms with van der Waals surface area (Å²) in [5.41, 5.74) is 2.35. The van der Waals surface area contributed by atoms with Gasteiger partial charge in [0.1, 0.15) is 11.5 Å². The maximum Gasteiger partial charge on any atom is 0.220 e. The highest BCUT2D eigenvalue weighted by Gasteiger charge is 2.02. The van der Waals surface area contributed by atoms with Crippen molar-refractivity contribution in [3.63, 3.8) is 0 Å². The van der Waals surface area contributed by atoms with E-state index in [0.29, 0.717) is 26.0 Å². The molecule has 128 valence electrons. The topological polar surface area (TPSA) is 47.6 Å². The van der Waals surface area contributed by atoms with Crippen LogP contribution in [0.5, 0.6) is 11.5 Å². The van der Waals surface area contributed by atoms with Gasteiger partial charge in [0, 0.05) is 13.0 Å². The molecule has 2 aromatic carbocycles. The summed E-state index contributed by atoms with van der Waals surface area (Å²) in [7, 11) is 1.65. The molecule has 0 bridgehead atoms. The van der Waals surface area contributed by atoms with E-state index in [-0.39, 0.29) is 5.91 Å². The molecule has 0 aliphatic carbocycles. The predicted molar refractivity (Wildman–Crippen MR) is 95.6 cm³/mol. The smallest absolute Gasteiger partial charge is 0.220 e. The van der Waals surface area contributed by atoms with Crippen LogP contribution in [-0.2, 0) is 11.2 Å². The number of nitrogens with one attached hydrogen (secondary N) is 1. The molecule has 0 fully saturated rings. The Labute approximate surface area is 143 Å². The maximum absolute atomic E-state index is 11.8. The van der Waals surface area contributed by atoms with Gasteiger partial charge in [-0.15, -0.1) is 0 Å². The summed E-state index contributed by atoms with van der Waals surface area (Å²) in [6.07, 6.45) is 2.01. The highest BCUT2D eigenvalue weighted by molar-refractivity contribution is 5.75. The molecule has 0 radical (unpaired) electrons. The van der Waals surface area contributed by atoms with Gasteiger partial charge in [0.25, 0.3) is 0 Å². The van der Waals surface area contributed by atoms with Gasteiger partial charge in [-0.3, -0.25) is 4.79 Å². The number of hydrogen-bond donors (Lipinski definition) is 1. The van der Waals surface area contributed by atoms with Crippen LogP contribution >= 0.6 is 0 Å². The van der Waals surface area contributed by atoms with Crippen molar-refractivity contribution < 1.29 is 14.3 Å². The first-order chi connectivity index (χ1) is 11.7. The third-order valence-corrected chi connectivity index (χ3v) is 3.70. The lowest BCUT2D eigenvalue weighted by Gasteiger charge is -2.08. The largest absolute Gasteiger partial charge is 0.497 e. The van der Waals surface area contributed by atoms with Crippen LogP contribution in [0.3, 0.4) is 0 Å². The Balaban J connectivity index is 1.57. The summed E-state index contributed by atoms with van der Waals surface area (Å²) in [6, 6.07) is 15.8. The normalized spacial score (nSPS) is 10.2. The Bertz CT molecular complexity index is 638. The first-order valence-electron chi connectivity index (χ1n) is 8.26. The molecule has 0 saturated heterocycles. The van der Waals surface area contributed by atoms with Gasteiger partial charge < -0.3 is 14.8 Å². The number of methoxy groups -OCH3 is 1. The lowest BCUT2D eigenvalue weighted by molar-refractivity contribution is -0.121. The third-order valence-electron chi connectivity index (χ3n) is 3.70. The van der Waals surface area contributed by atoms with Gasteiger partial charge in [-0.1, -0.05) is 24.3 Å². The second kappa shape index (κ2) is 9.60. The van der Waals surface area contributed by atoms with Crippen molar-refractivity contribution in [2.75, 3.05) is 20.3 Å². The van der Waals surface area contributed by atoms with Crippen LogP contribution in [0.2, 0.25) is 0 Å². The standard InChI is InChI=1S/C20H25NO3/c1-16-5-3-6-19(15-16)24-14-4-7-20(22)21-13-12-17-8-10-18(23-2)11-9-17/h3,5-6,8-11,15H,4,7,12-14H2,1-2H3,(H,21,22). The molecule has 0 spiro atoms. The zero-order valence-electron chi connectivity index (χ0n) is 14.4. The minimum atomic E-state index is 0.0661. The summed E-state index contributed by atoms with van der Waals surface area (Å²) in [6.45, 7) is 3.22. The number of carbonyl (C=O) groups excluding carboxylic acids is 1. The van der Waals surface area contributed by atoms with Crippen LogP contribution in [0.4, 0.5) is 0 Å². The van der Waals surface area contributed by atoms with E-state index in [1.54, 1.807) is 7.11 Å². The average Bonchev–Trinajstić information content (AvgIpc) is 2.59. The molecule has 2 aromatic rings. The molecule has 4 nitrogen and oxygen atoms in total. The molecule has 0 aliphatic rings. The number of rotatable bonds is 9. The fourth-order valence-electron chi connectivity index (χ4n) is 2.35. The molecule has 1 amide bonds. The van der Waals surface area contributed by atoms with Crippen molar-refractivity contribution in [2.24, 2.45) is 0 Å². The number of hydrogen-bond acceptors (Lipinski definition) is 3. The molecule has 0 unspecified atom stereocenters. The van der Waals surface area contributed by atoms with Gasteiger partial charge in [-0.2, -0.15) is 0 Å². The van der Waals surface area contributed by atoms with Crippen LogP contribution in [-0.4, -0.2) is 26.2 Å². The lowest BCUT2D eigenvalue weighted by Crippen LogP contribution is -2.25. The van der Waals surface area contributed by atoms with E-state index in [2.05, 4.69) is 5.32 Å². The van der Waals surface area contributed by atoms with Crippen LogP contribution < -0.4 is 14.8 Å². The van der Waals surface area contributed by atoms with E-state index in [4.69, 9.17) is 9.47 Å². The van der Waals surface area contributed by atoms with Gasteiger partial charge in [0.05, 0.1) is 13.7 Å². The number of carbonyl (C=O) groups is 1. The molecule has 24 heavy (non-hydrogen) atoms. The highest BCUT2D eigenvalue weighted by Crippen LogP contribution is 2.13. The molecule has 0 aliphatic heterocycles. The number of aryl methyl sites for hydroxylation is 1. The van der Waals surface area contributed by atoms with Crippen LogP contribution in [0.15, 0.2) is 48.5 Å². The zero-order valence-corrected chi connectivity index (χ0v) is 14.4. The summed E-state index contributed by atoms with van der Waals surface area (Å²) in [5, 5.41) is 2.94. The highest BCUT2D eigenvalue weighted by atomic mass is 16.5. The molecular weight excluding hydrogens is 302 g/mol. The van der Waals surface area contributed by atoms with E-state index in [0.717, 1.165) is 17.9 Å². The van der Waals surface area contributed by atoms with Gasteiger partial charge in [-0.25, -0.2) is 0 Å². The Hall–Kier alpha value is -2.49. The van der Waals surface area contributed by atoms with E-state index < -0.39 is 0 Å². The Morgan fingerprint density at radius 3 is 2.58 bits per heavy atom. The summed E-state index contributed by atoms with van der Waals surface area (Å²) in [5.74, 6) is 1.77. The van der Waals surface area contributed by atoms with Crippen LogP contribution in [0.25, 0.3) is 0 Å². The number of ether oxygens (including phenoxy) is 2. The van der Waals surface area contributed by atoms with Gasteiger partial charge in [-0.05, 0) is 55.2 Å². The third kappa shape index (κ3) is 6.32. The Morgan fingerprint density at radius 1 is 1.08 bits per heavy atom. The predicted octanol–water partition coefficient (Wildman–Crippen LogP) is 3.52. The average molecular weight is 327 g/mol. The maximum atomic E-state index is 11.8. The first kappa shape index (κ1) is 17.9. The fourth-order valence-corrected chi connectivity index (χ4v) is 2.35. The van der Waals surface area contributed by atoms with Crippen molar-refractivity contribution in [1.82, 2.24) is 5.32 Å². The molecule has 4 heteroatoms. The van der Waals surface area contributed by atoms with E-state index in [1.165, 1.54) is 11.1 Å². The summed E-state index contributed by atoms with van der Waals surface area (Å²) in [4.78, 5) is 11.8. The monoisotopic (exact) mass is 327 g/mol. The van der Waals surface area contributed by atoms with Gasteiger partial charge in [0.2, 0.25) is 5.91 Å². The van der Waals surface area contributed by atoms with Crippen LogP contribution in [0.1, 0.15) is 24.0 Å². The second-order valence-electron chi connectivity index (χ2n) is 5.72. The van der Waals surface area contributed by atoms with Crippen molar-refractivity contribution in [3.8, 4) is 11.5 Å². The van der Waals surface area contributed by atoms with E-state index in [9.17, 15) is 4.79 Å². The number of amides is 1. The van der Waals surface area contributed by atoms with Gasteiger partial charge in [0.15, 0.2) is 0 Å². The number of benzene rings is 2. The zero-order chi connectivity index (χ0) is 17.2. The van der Waals surface area contributed by atoms with Crippen molar-refractivity contribution in [1.29, 1.82) is 0 Å². The lowest BCUT2D eigenvalue weighted by atomic mass is 10.1. The van der Waals surface area contributed by atoms with Crippen molar-refractivity contribution >= 4 is 5.91 Å². The summed E-state index contributed by atoms with van der Waals surface area (Å²) < 4.78 is 10.8. The van der Waals surface area contributed by atoms with Crippen molar-refractivity contribution in [3.05, 3.63) is 59.7 Å². The molecule has 0 aromatic heterocycles. The van der Waals surface area contributed by atoms with Crippen molar-refractivity contribution in [2.45, 2.75) is 26.2 Å². The Kier molecular flexibility index (Phi) is 7.15. The Morgan fingerprint density at radius 2 is 1.88 bits per heavy atom. The quantitative estimate of drug-likeness (QED) is 0.717. The molecule has 0 heterocycles. The summed E-state index contributed by atoms with van der Waals surface area (Å²) >= 11 is 0. The minimum Gasteiger partial charge on any atom is -0.497 e. The van der Waals surface area contributed by atoms with Crippen LogP contribution in [0, 0.1) is 6.92 Å². The molecule has 1 N–H and O–H groups in total. The molecular formula is C20H25NO3. The first-order valence-corrected chi connectivity index (χ1v) is 8.26. The van der Waals surface area contributed by atoms with E-state index >= 15 is 0 Å². The molecule has 0 saturated carbocycles. The fraction of sp³-hybridized carbons (Fsp3) is 0.350. The van der Waals surface area contributed by atoms with E-state index in [1.807, 2.05) is 55.5 Å².